The highest BCUT2D eigenvalue weighted by molar-refractivity contribution is 5.95. The van der Waals surface area contributed by atoms with E-state index in [2.05, 4.69) is 4.98 Å². The summed E-state index contributed by atoms with van der Waals surface area (Å²) in [7, 11) is 0. The zero-order chi connectivity index (χ0) is 16.2. The van der Waals surface area contributed by atoms with E-state index >= 15 is 0 Å². The predicted octanol–water partition coefficient (Wildman–Crippen LogP) is 1.90. The summed E-state index contributed by atoms with van der Waals surface area (Å²) in [5.41, 5.74) is 7.22. The number of ether oxygens (including phenoxy) is 1. The molecule has 0 saturated heterocycles. The number of carbonyl (C=O) groups excluding carboxylic acids is 1. The van der Waals surface area contributed by atoms with E-state index < -0.39 is 5.91 Å². The minimum Gasteiger partial charge on any atom is -0.493 e. The molecule has 0 unspecified atom stereocenters. The van der Waals surface area contributed by atoms with Crippen molar-refractivity contribution in [3.05, 3.63) is 64.6 Å². The molecule has 0 saturated carbocycles. The fraction of sp³-hybridized carbons (Fsp3) is 0.176. The van der Waals surface area contributed by atoms with Crippen LogP contribution in [-0.2, 0) is 6.54 Å². The number of nitrogens with one attached hydrogen (secondary N) is 1. The number of hydrogen-bond acceptors (Lipinski definition) is 3. The fourth-order valence-electron chi connectivity index (χ4n) is 2.53. The van der Waals surface area contributed by atoms with Gasteiger partial charge >= 0.3 is 5.69 Å². The van der Waals surface area contributed by atoms with Crippen LogP contribution in [-0.4, -0.2) is 22.1 Å². The molecule has 3 aromatic rings. The lowest BCUT2D eigenvalue weighted by atomic mass is 10.2. The quantitative estimate of drug-likeness (QED) is 0.681. The minimum absolute atomic E-state index is 0.135. The van der Waals surface area contributed by atoms with Gasteiger partial charge in [0.15, 0.2) is 0 Å². The number of fused-ring (bicyclic) bond motifs is 1. The number of aryl methyl sites for hydroxylation is 1. The first-order valence-electron chi connectivity index (χ1n) is 7.36. The van der Waals surface area contributed by atoms with Crippen molar-refractivity contribution in [3.63, 3.8) is 0 Å². The maximum Gasteiger partial charge on any atom is 0.326 e. The first-order valence-corrected chi connectivity index (χ1v) is 7.36. The van der Waals surface area contributed by atoms with E-state index in [9.17, 15) is 9.59 Å². The number of primary amides is 1. The smallest absolute Gasteiger partial charge is 0.326 e. The fourth-order valence-corrected chi connectivity index (χ4v) is 2.53. The van der Waals surface area contributed by atoms with Crippen LogP contribution in [0.5, 0.6) is 5.75 Å². The van der Waals surface area contributed by atoms with Crippen LogP contribution in [0.25, 0.3) is 11.0 Å². The average molecular weight is 311 g/mol. The van der Waals surface area contributed by atoms with Crippen molar-refractivity contribution >= 4 is 16.9 Å². The van der Waals surface area contributed by atoms with Gasteiger partial charge in [-0.3, -0.25) is 9.36 Å². The molecule has 118 valence electrons. The molecule has 6 heteroatoms. The Bertz CT molecular complexity index is 895. The van der Waals surface area contributed by atoms with E-state index in [4.69, 9.17) is 10.5 Å². The first kappa shape index (κ1) is 14.9. The molecular weight excluding hydrogens is 294 g/mol. The van der Waals surface area contributed by atoms with E-state index in [1.54, 1.807) is 28.8 Å². The molecular formula is C17H17N3O3. The lowest BCUT2D eigenvalue weighted by Crippen LogP contribution is -2.18. The normalized spacial score (nSPS) is 10.8. The summed E-state index contributed by atoms with van der Waals surface area (Å²) < 4.78 is 7.30. The van der Waals surface area contributed by atoms with Crippen molar-refractivity contribution in [2.75, 3.05) is 6.61 Å². The number of hydrogen-bond donors (Lipinski definition) is 2. The topological polar surface area (TPSA) is 90.1 Å². The molecule has 0 fully saturated rings. The van der Waals surface area contributed by atoms with E-state index in [1.165, 1.54) is 0 Å². The highest BCUT2D eigenvalue weighted by Gasteiger charge is 2.09. The maximum atomic E-state index is 12.0. The standard InChI is InChI=1S/C17H17N3O3/c18-16(21)12-6-1-4-9-15(12)23-11-5-10-20-14-8-3-2-7-13(14)19-17(20)22/h1-4,6-9H,5,10-11H2,(H2,18,21)(H,19,22). The molecule has 0 aliphatic carbocycles. The number of aromatic nitrogens is 2. The molecule has 23 heavy (non-hydrogen) atoms. The van der Waals surface area contributed by atoms with Crippen LogP contribution in [0.15, 0.2) is 53.3 Å². The molecule has 1 heterocycles. The summed E-state index contributed by atoms with van der Waals surface area (Å²) in [4.78, 5) is 26.1. The molecule has 6 nitrogen and oxygen atoms in total. The number of nitrogens with zero attached hydrogens (tertiary/aromatic N) is 1. The number of para-hydroxylation sites is 3. The van der Waals surface area contributed by atoms with Gasteiger partial charge in [0.1, 0.15) is 5.75 Å². The highest BCUT2D eigenvalue weighted by atomic mass is 16.5. The van der Waals surface area contributed by atoms with Gasteiger partial charge in [-0.15, -0.1) is 0 Å². The number of rotatable bonds is 6. The molecule has 1 amide bonds. The van der Waals surface area contributed by atoms with Crippen LogP contribution in [0, 0.1) is 0 Å². The van der Waals surface area contributed by atoms with E-state index in [0.29, 0.717) is 30.9 Å². The number of imidazole rings is 1. The second-order valence-corrected chi connectivity index (χ2v) is 5.16. The summed E-state index contributed by atoms with van der Waals surface area (Å²) in [5.74, 6) is -0.0558. The van der Waals surface area contributed by atoms with E-state index in [0.717, 1.165) is 11.0 Å². The monoisotopic (exact) mass is 311 g/mol. The third-order valence-electron chi connectivity index (χ3n) is 3.62. The molecule has 0 spiro atoms. The molecule has 0 bridgehead atoms. The van der Waals surface area contributed by atoms with E-state index in [1.807, 2.05) is 24.3 Å². The molecule has 3 rings (SSSR count). The summed E-state index contributed by atoms with van der Waals surface area (Å²) >= 11 is 0. The van der Waals surface area contributed by atoms with Gasteiger partial charge in [-0.2, -0.15) is 0 Å². The van der Waals surface area contributed by atoms with Crippen molar-refractivity contribution in [3.8, 4) is 5.75 Å². The summed E-state index contributed by atoms with van der Waals surface area (Å²) in [6, 6.07) is 14.4. The van der Waals surface area contributed by atoms with Gasteiger partial charge in [0.2, 0.25) is 0 Å². The third-order valence-corrected chi connectivity index (χ3v) is 3.62. The SMILES string of the molecule is NC(=O)c1ccccc1OCCCn1c(=O)[nH]c2ccccc21. The Morgan fingerprint density at radius 2 is 1.87 bits per heavy atom. The Morgan fingerprint density at radius 1 is 1.13 bits per heavy atom. The number of H-pyrrole nitrogens is 1. The molecule has 0 aliphatic heterocycles. The largest absolute Gasteiger partial charge is 0.493 e. The molecule has 3 N–H and O–H groups in total. The zero-order valence-electron chi connectivity index (χ0n) is 12.5. The van der Waals surface area contributed by atoms with Crippen molar-refractivity contribution < 1.29 is 9.53 Å². The second-order valence-electron chi connectivity index (χ2n) is 5.16. The first-order chi connectivity index (χ1) is 11.2. The maximum absolute atomic E-state index is 12.0. The lowest BCUT2D eigenvalue weighted by Gasteiger charge is -2.09. The Labute approximate surface area is 132 Å². The molecule has 0 aliphatic rings. The highest BCUT2D eigenvalue weighted by Crippen LogP contribution is 2.17. The molecule has 0 atom stereocenters. The van der Waals surface area contributed by atoms with Crippen LogP contribution in [0.4, 0.5) is 0 Å². The number of carbonyl (C=O) groups is 1. The lowest BCUT2D eigenvalue weighted by molar-refractivity contribution is 0.0996. The molecule has 0 radical (unpaired) electrons. The number of nitrogens with two attached hydrogens (primary N) is 1. The van der Waals surface area contributed by atoms with Crippen LogP contribution in [0.1, 0.15) is 16.8 Å². The van der Waals surface area contributed by atoms with Crippen LogP contribution in [0.2, 0.25) is 0 Å². The van der Waals surface area contributed by atoms with Gasteiger partial charge in [0, 0.05) is 6.54 Å². The zero-order valence-corrected chi connectivity index (χ0v) is 12.5. The van der Waals surface area contributed by atoms with Gasteiger partial charge in [-0.05, 0) is 30.7 Å². The Morgan fingerprint density at radius 3 is 2.70 bits per heavy atom. The van der Waals surface area contributed by atoms with Crippen LogP contribution < -0.4 is 16.2 Å². The van der Waals surface area contributed by atoms with Gasteiger partial charge in [-0.25, -0.2) is 4.79 Å². The average Bonchev–Trinajstić information content (AvgIpc) is 2.87. The summed E-state index contributed by atoms with van der Waals surface area (Å²) in [6.45, 7) is 0.915. The second kappa shape index (κ2) is 6.39. The number of benzene rings is 2. The van der Waals surface area contributed by atoms with Crippen molar-refractivity contribution in [1.82, 2.24) is 9.55 Å². The van der Waals surface area contributed by atoms with Crippen molar-refractivity contribution in [2.24, 2.45) is 5.73 Å². The van der Waals surface area contributed by atoms with Gasteiger partial charge in [0.05, 0.1) is 23.2 Å². The summed E-state index contributed by atoms with van der Waals surface area (Å²) in [6.07, 6.45) is 0.634. The van der Waals surface area contributed by atoms with Crippen molar-refractivity contribution in [2.45, 2.75) is 13.0 Å². The summed E-state index contributed by atoms with van der Waals surface area (Å²) in [5, 5.41) is 0. The minimum atomic E-state index is -0.520. The third kappa shape index (κ3) is 3.11. The van der Waals surface area contributed by atoms with Crippen LogP contribution >= 0.6 is 0 Å². The van der Waals surface area contributed by atoms with E-state index in [-0.39, 0.29) is 5.69 Å². The van der Waals surface area contributed by atoms with Crippen LogP contribution in [0.3, 0.4) is 0 Å². The van der Waals surface area contributed by atoms with Gasteiger partial charge < -0.3 is 15.5 Å². The molecule has 2 aromatic carbocycles. The van der Waals surface area contributed by atoms with Crippen molar-refractivity contribution in [1.29, 1.82) is 0 Å². The number of amides is 1. The molecule has 1 aromatic heterocycles. The number of aromatic amines is 1. The Kier molecular flexibility index (Phi) is 4.14. The Hall–Kier alpha value is -3.02. The Balaban J connectivity index is 1.65. The predicted molar refractivity (Wildman–Crippen MR) is 87.6 cm³/mol. The van der Waals surface area contributed by atoms with Gasteiger partial charge in [0.25, 0.3) is 5.91 Å². The van der Waals surface area contributed by atoms with Gasteiger partial charge in [-0.1, -0.05) is 24.3 Å².